The van der Waals surface area contributed by atoms with E-state index in [0.717, 1.165) is 66.2 Å². The van der Waals surface area contributed by atoms with E-state index in [9.17, 15) is 19.2 Å². The summed E-state index contributed by atoms with van der Waals surface area (Å²) in [5, 5.41) is 4.31. The van der Waals surface area contributed by atoms with Gasteiger partial charge in [0.15, 0.2) is 10.9 Å². The van der Waals surface area contributed by atoms with Crippen LogP contribution in [0.4, 0.5) is 5.82 Å². The fourth-order valence-electron chi connectivity index (χ4n) is 5.07. The van der Waals surface area contributed by atoms with Crippen molar-refractivity contribution in [1.29, 1.82) is 0 Å². The van der Waals surface area contributed by atoms with Crippen molar-refractivity contribution in [3.05, 3.63) is 47.7 Å². The Bertz CT molecular complexity index is 1480. The van der Waals surface area contributed by atoms with Gasteiger partial charge in [0.2, 0.25) is 0 Å². The molecule has 0 atom stereocenters. The lowest BCUT2D eigenvalue weighted by molar-refractivity contribution is -0.115. The minimum Gasteiger partial charge on any atom is -0.364 e. The van der Waals surface area contributed by atoms with Crippen LogP contribution < -0.4 is 22.1 Å². The zero-order valence-corrected chi connectivity index (χ0v) is 21.6. The Morgan fingerprint density at radius 1 is 1.11 bits per heavy atom. The molecule has 186 valence electrons. The number of ketones is 1. The smallest absolute Gasteiger partial charge is 0.332 e. The number of rotatable bonds is 7. The minimum atomic E-state index is -0.460. The lowest BCUT2D eigenvalue weighted by Gasteiger charge is -2.18. The standard InChI is InChI=1S/C24H29N5O4S2/c1-27-18(11-19(31)28(2)24(27)33)25-12-15(30)13-34-23-26-21-20(16-9-5-6-10-17(16)35-21)22(32)29(23)14-7-3-4-8-14/h11,14,25H,3-10,12-13H2,1-2H3. The predicted octanol–water partition coefficient (Wildman–Crippen LogP) is 2.62. The molecule has 0 spiro atoms. The molecule has 0 radical (unpaired) electrons. The molecule has 3 heterocycles. The number of carbonyl (C=O) groups excluding carboxylic acids is 1. The van der Waals surface area contributed by atoms with Crippen molar-refractivity contribution < 1.29 is 4.79 Å². The molecular formula is C24H29N5O4S2. The summed E-state index contributed by atoms with van der Waals surface area (Å²) in [6.45, 7) is -0.0311. The van der Waals surface area contributed by atoms with E-state index < -0.39 is 11.2 Å². The fourth-order valence-corrected chi connectivity index (χ4v) is 7.30. The van der Waals surface area contributed by atoms with Crippen LogP contribution in [0.1, 0.15) is 55.0 Å². The van der Waals surface area contributed by atoms with Crippen LogP contribution in [0.3, 0.4) is 0 Å². The Hall–Kier alpha value is -2.66. The Morgan fingerprint density at radius 3 is 2.63 bits per heavy atom. The van der Waals surface area contributed by atoms with E-state index >= 15 is 0 Å². The quantitative estimate of drug-likeness (QED) is 0.381. The molecule has 0 aromatic carbocycles. The molecule has 5 rings (SSSR count). The molecule has 3 aromatic heterocycles. The number of thioether (sulfide) groups is 1. The lowest BCUT2D eigenvalue weighted by Crippen LogP contribution is -2.38. The number of aryl methyl sites for hydroxylation is 2. The number of anilines is 1. The first-order valence-corrected chi connectivity index (χ1v) is 13.9. The monoisotopic (exact) mass is 515 g/mol. The number of thiophene rings is 1. The van der Waals surface area contributed by atoms with E-state index in [1.54, 1.807) is 18.4 Å². The molecular weight excluding hydrogens is 486 g/mol. The van der Waals surface area contributed by atoms with Crippen LogP contribution in [0.25, 0.3) is 10.2 Å². The molecule has 1 fully saturated rings. The summed E-state index contributed by atoms with van der Waals surface area (Å²) in [5.74, 6) is 0.325. The van der Waals surface area contributed by atoms with Gasteiger partial charge in [0.05, 0.1) is 17.7 Å². The Morgan fingerprint density at radius 2 is 1.86 bits per heavy atom. The van der Waals surface area contributed by atoms with Gasteiger partial charge >= 0.3 is 5.69 Å². The van der Waals surface area contributed by atoms with Crippen molar-refractivity contribution in [1.82, 2.24) is 18.7 Å². The average Bonchev–Trinajstić information content (AvgIpc) is 3.50. The van der Waals surface area contributed by atoms with Gasteiger partial charge in [0, 0.05) is 31.1 Å². The molecule has 1 N–H and O–H groups in total. The predicted molar refractivity (Wildman–Crippen MR) is 139 cm³/mol. The number of hydrogen-bond acceptors (Lipinski definition) is 8. The van der Waals surface area contributed by atoms with E-state index in [1.165, 1.54) is 39.9 Å². The highest BCUT2D eigenvalue weighted by Crippen LogP contribution is 2.37. The second-order valence-electron chi connectivity index (χ2n) is 9.35. The van der Waals surface area contributed by atoms with Crippen molar-refractivity contribution in [2.75, 3.05) is 17.6 Å². The molecule has 0 saturated heterocycles. The normalized spacial score (nSPS) is 16.1. The zero-order valence-electron chi connectivity index (χ0n) is 20.0. The van der Waals surface area contributed by atoms with Crippen molar-refractivity contribution >= 4 is 44.9 Å². The van der Waals surface area contributed by atoms with Crippen molar-refractivity contribution in [2.24, 2.45) is 14.1 Å². The first-order chi connectivity index (χ1) is 16.8. The molecule has 0 unspecified atom stereocenters. The van der Waals surface area contributed by atoms with Crippen molar-refractivity contribution in [3.8, 4) is 0 Å². The van der Waals surface area contributed by atoms with Crippen molar-refractivity contribution in [2.45, 2.75) is 62.6 Å². The maximum atomic E-state index is 13.7. The first kappa shape index (κ1) is 24.1. The molecule has 11 heteroatoms. The summed E-state index contributed by atoms with van der Waals surface area (Å²) in [4.78, 5) is 57.4. The number of aromatic nitrogens is 4. The van der Waals surface area contributed by atoms with Crippen LogP contribution in [-0.2, 0) is 31.7 Å². The summed E-state index contributed by atoms with van der Waals surface area (Å²) in [6, 6.07) is 1.43. The highest BCUT2D eigenvalue weighted by Gasteiger charge is 2.27. The summed E-state index contributed by atoms with van der Waals surface area (Å²) in [7, 11) is 2.96. The van der Waals surface area contributed by atoms with Gasteiger partial charge in [0.1, 0.15) is 10.6 Å². The van der Waals surface area contributed by atoms with Gasteiger partial charge in [-0.2, -0.15) is 0 Å². The zero-order chi connectivity index (χ0) is 24.7. The largest absolute Gasteiger partial charge is 0.364 e. The van der Waals surface area contributed by atoms with Gasteiger partial charge < -0.3 is 5.32 Å². The average molecular weight is 516 g/mol. The summed E-state index contributed by atoms with van der Waals surface area (Å²) in [6.07, 6.45) is 8.32. The van der Waals surface area contributed by atoms with E-state index in [4.69, 9.17) is 4.98 Å². The van der Waals surface area contributed by atoms with Gasteiger partial charge in [-0.15, -0.1) is 11.3 Å². The van der Waals surface area contributed by atoms with E-state index in [-0.39, 0.29) is 29.7 Å². The molecule has 1 saturated carbocycles. The minimum absolute atomic E-state index is 0.0311. The third-order valence-electron chi connectivity index (χ3n) is 7.03. The second kappa shape index (κ2) is 9.77. The maximum Gasteiger partial charge on any atom is 0.332 e. The number of carbonyl (C=O) groups is 1. The Kier molecular flexibility index (Phi) is 6.71. The highest BCUT2D eigenvalue weighted by molar-refractivity contribution is 7.99. The number of nitrogens with one attached hydrogen (secondary N) is 1. The fraction of sp³-hybridized carbons (Fsp3) is 0.542. The van der Waals surface area contributed by atoms with Crippen LogP contribution in [0, 0.1) is 0 Å². The van der Waals surface area contributed by atoms with E-state index in [1.807, 2.05) is 4.57 Å². The molecule has 0 bridgehead atoms. The summed E-state index contributed by atoms with van der Waals surface area (Å²) < 4.78 is 4.16. The Labute approximate surface area is 210 Å². The molecule has 35 heavy (non-hydrogen) atoms. The van der Waals surface area contributed by atoms with Gasteiger partial charge in [-0.05, 0) is 44.1 Å². The third-order valence-corrected chi connectivity index (χ3v) is 9.23. The number of nitrogens with zero attached hydrogens (tertiary/aromatic N) is 4. The number of Topliss-reactive ketones (excluding diaryl/α,β-unsaturated/α-hetero) is 1. The van der Waals surface area contributed by atoms with E-state index in [2.05, 4.69) is 5.32 Å². The molecule has 0 amide bonds. The van der Waals surface area contributed by atoms with Gasteiger partial charge in [0.25, 0.3) is 11.1 Å². The molecule has 2 aliphatic rings. The third kappa shape index (κ3) is 4.51. The molecule has 2 aliphatic carbocycles. The maximum absolute atomic E-state index is 13.7. The second-order valence-corrected chi connectivity index (χ2v) is 11.4. The van der Waals surface area contributed by atoms with Gasteiger partial charge in [-0.3, -0.25) is 28.1 Å². The lowest BCUT2D eigenvalue weighted by atomic mass is 9.97. The topological polar surface area (TPSA) is 108 Å². The van der Waals surface area contributed by atoms with Crippen LogP contribution >= 0.6 is 23.1 Å². The molecule has 9 nitrogen and oxygen atoms in total. The molecule has 3 aromatic rings. The first-order valence-electron chi connectivity index (χ1n) is 12.1. The SMILES string of the molecule is Cn1c(NCC(=O)CSc2nc3sc4c(c3c(=O)n2C2CCCC2)CCCC4)cc(=O)n(C)c1=O. The van der Waals surface area contributed by atoms with Gasteiger partial charge in [-0.1, -0.05) is 24.6 Å². The molecule has 0 aliphatic heterocycles. The number of fused-ring (bicyclic) bond motifs is 3. The van der Waals surface area contributed by atoms with Crippen LogP contribution in [-0.4, -0.2) is 36.8 Å². The summed E-state index contributed by atoms with van der Waals surface area (Å²) in [5.41, 5.74) is 0.342. The van der Waals surface area contributed by atoms with E-state index in [0.29, 0.717) is 11.0 Å². The number of hydrogen-bond donors (Lipinski definition) is 1. The Balaban J connectivity index is 1.38. The summed E-state index contributed by atoms with van der Waals surface area (Å²) >= 11 is 2.93. The van der Waals surface area contributed by atoms with Crippen LogP contribution in [0.15, 0.2) is 25.6 Å². The van der Waals surface area contributed by atoms with Gasteiger partial charge in [-0.25, -0.2) is 9.78 Å². The van der Waals surface area contributed by atoms with Crippen molar-refractivity contribution in [3.63, 3.8) is 0 Å². The highest BCUT2D eigenvalue weighted by atomic mass is 32.2. The van der Waals surface area contributed by atoms with Crippen LogP contribution in [0.2, 0.25) is 0 Å². The van der Waals surface area contributed by atoms with Crippen LogP contribution in [0.5, 0.6) is 0 Å².